The van der Waals surface area contributed by atoms with Gasteiger partial charge in [0.05, 0.1) is 5.02 Å². The average Bonchev–Trinajstić information content (AvgIpc) is 2.33. The highest BCUT2D eigenvalue weighted by Crippen LogP contribution is 2.20. The summed E-state index contributed by atoms with van der Waals surface area (Å²) in [5.74, 6) is -0.0457. The Bertz CT molecular complexity index is 529. The van der Waals surface area contributed by atoms with Crippen LogP contribution in [-0.4, -0.2) is 32.5 Å². The molecule has 1 aromatic heterocycles. The molecule has 0 saturated carbocycles. The van der Waals surface area contributed by atoms with Crippen LogP contribution >= 0.6 is 11.6 Å². The van der Waals surface area contributed by atoms with Crippen molar-refractivity contribution in [3.63, 3.8) is 0 Å². The van der Waals surface area contributed by atoms with E-state index in [-0.39, 0.29) is 21.8 Å². The van der Waals surface area contributed by atoms with Crippen LogP contribution in [0.1, 0.15) is 12.8 Å². The van der Waals surface area contributed by atoms with Gasteiger partial charge in [-0.3, -0.25) is 0 Å². The summed E-state index contributed by atoms with van der Waals surface area (Å²) in [5, 5.41) is 3.38. The van der Waals surface area contributed by atoms with E-state index in [2.05, 4.69) is 15.0 Å². The molecule has 4 N–H and O–H groups in total. The second-order valence-electron chi connectivity index (χ2n) is 4.20. The van der Waals surface area contributed by atoms with Gasteiger partial charge < -0.3 is 11.1 Å². The number of hydrogen-bond acceptors (Lipinski definition) is 5. The van der Waals surface area contributed by atoms with Crippen LogP contribution in [0.5, 0.6) is 0 Å². The predicted octanol–water partition coefficient (Wildman–Crippen LogP) is 0.347. The van der Waals surface area contributed by atoms with Crippen LogP contribution in [0.25, 0.3) is 0 Å². The zero-order valence-electron chi connectivity index (χ0n) is 9.69. The Balaban J connectivity index is 2.21. The summed E-state index contributed by atoms with van der Waals surface area (Å²) >= 11 is 5.74. The number of piperidine rings is 1. The summed E-state index contributed by atoms with van der Waals surface area (Å²) < 4.78 is 26.9. The Morgan fingerprint density at radius 1 is 1.56 bits per heavy atom. The van der Waals surface area contributed by atoms with Gasteiger partial charge in [-0.2, -0.15) is 0 Å². The number of nitrogens with one attached hydrogen (secondary N) is 2. The van der Waals surface area contributed by atoms with Gasteiger partial charge in [0.1, 0.15) is 10.7 Å². The fourth-order valence-electron chi connectivity index (χ4n) is 1.88. The normalized spacial score (nSPS) is 20.8. The molecule has 6 nitrogen and oxygen atoms in total. The summed E-state index contributed by atoms with van der Waals surface area (Å²) in [4.78, 5) is 3.68. The van der Waals surface area contributed by atoms with Gasteiger partial charge in [0.15, 0.2) is 0 Å². The van der Waals surface area contributed by atoms with E-state index >= 15 is 0 Å². The molecule has 1 fully saturated rings. The molecule has 0 radical (unpaired) electrons. The molecule has 0 amide bonds. The average molecular weight is 291 g/mol. The molecule has 2 rings (SSSR count). The number of pyridine rings is 1. The van der Waals surface area contributed by atoms with Crippen molar-refractivity contribution >= 4 is 27.4 Å². The largest absolute Gasteiger partial charge is 0.383 e. The second-order valence-corrected chi connectivity index (χ2v) is 6.32. The first-order valence-electron chi connectivity index (χ1n) is 5.63. The topological polar surface area (TPSA) is 97.1 Å². The summed E-state index contributed by atoms with van der Waals surface area (Å²) in [5.41, 5.74) is 5.58. The molecule has 8 heteroatoms. The fraction of sp³-hybridized carbons (Fsp3) is 0.500. The van der Waals surface area contributed by atoms with Gasteiger partial charge in [0.25, 0.3) is 0 Å². The highest BCUT2D eigenvalue weighted by atomic mass is 35.5. The van der Waals surface area contributed by atoms with Crippen LogP contribution in [0.4, 0.5) is 5.82 Å². The maximum Gasteiger partial charge on any atom is 0.244 e. The summed E-state index contributed by atoms with van der Waals surface area (Å²) in [6, 6.07) is 1.18. The molecule has 0 spiro atoms. The van der Waals surface area contributed by atoms with Gasteiger partial charge in [-0.1, -0.05) is 11.6 Å². The van der Waals surface area contributed by atoms with Gasteiger partial charge >= 0.3 is 0 Å². The molecule has 1 aromatic rings. The fourth-order valence-corrected chi connectivity index (χ4v) is 3.48. The van der Waals surface area contributed by atoms with Gasteiger partial charge in [-0.15, -0.1) is 0 Å². The molecule has 0 aliphatic carbocycles. The molecular weight excluding hydrogens is 276 g/mol. The SMILES string of the molecule is Nc1ncc(Cl)cc1S(=O)(=O)NC1CCCNC1. The number of halogens is 1. The van der Waals surface area contributed by atoms with E-state index in [1.54, 1.807) is 0 Å². The van der Waals surface area contributed by atoms with Crippen molar-refractivity contribution in [2.75, 3.05) is 18.8 Å². The van der Waals surface area contributed by atoms with Crippen LogP contribution in [-0.2, 0) is 10.0 Å². The summed E-state index contributed by atoms with van der Waals surface area (Å²) in [7, 11) is -3.68. The first-order valence-corrected chi connectivity index (χ1v) is 7.49. The number of nitrogens with two attached hydrogens (primary N) is 1. The van der Waals surface area contributed by atoms with E-state index < -0.39 is 10.0 Å². The van der Waals surface area contributed by atoms with E-state index in [0.29, 0.717) is 6.54 Å². The van der Waals surface area contributed by atoms with E-state index in [0.717, 1.165) is 19.4 Å². The summed E-state index contributed by atoms with van der Waals surface area (Å²) in [6.07, 6.45) is 3.06. The van der Waals surface area contributed by atoms with Crippen LogP contribution < -0.4 is 15.8 Å². The van der Waals surface area contributed by atoms with E-state index in [1.807, 2.05) is 0 Å². The number of sulfonamides is 1. The van der Waals surface area contributed by atoms with Gasteiger partial charge in [-0.25, -0.2) is 18.1 Å². The molecular formula is C10H15ClN4O2S. The molecule has 1 aliphatic rings. The Labute approximate surface area is 111 Å². The number of nitrogens with zero attached hydrogens (tertiary/aromatic N) is 1. The van der Waals surface area contributed by atoms with Gasteiger partial charge in [-0.05, 0) is 25.5 Å². The van der Waals surface area contributed by atoms with Crippen molar-refractivity contribution in [2.24, 2.45) is 0 Å². The standard InChI is InChI=1S/C10H15ClN4O2S/c11-7-4-9(10(12)14-5-7)18(16,17)15-8-2-1-3-13-6-8/h4-5,8,13,15H,1-3,6H2,(H2,12,14). The van der Waals surface area contributed by atoms with Crippen LogP contribution in [0.2, 0.25) is 5.02 Å². The first kappa shape index (κ1) is 13.5. The molecule has 1 aliphatic heterocycles. The Morgan fingerprint density at radius 3 is 3.00 bits per heavy atom. The highest BCUT2D eigenvalue weighted by molar-refractivity contribution is 7.89. The van der Waals surface area contributed by atoms with E-state index in [1.165, 1.54) is 12.3 Å². The molecule has 1 unspecified atom stereocenters. The zero-order valence-corrected chi connectivity index (χ0v) is 11.3. The lowest BCUT2D eigenvalue weighted by Gasteiger charge is -2.23. The third kappa shape index (κ3) is 3.11. The van der Waals surface area contributed by atoms with E-state index in [9.17, 15) is 8.42 Å². The monoisotopic (exact) mass is 290 g/mol. The van der Waals surface area contributed by atoms with E-state index in [4.69, 9.17) is 17.3 Å². The highest BCUT2D eigenvalue weighted by Gasteiger charge is 2.24. The maximum absolute atomic E-state index is 12.2. The van der Waals surface area contributed by atoms with Crippen molar-refractivity contribution in [3.05, 3.63) is 17.3 Å². The third-order valence-electron chi connectivity index (χ3n) is 2.76. The van der Waals surface area contributed by atoms with Crippen LogP contribution in [0.15, 0.2) is 17.2 Å². The Kier molecular flexibility index (Phi) is 4.06. The Morgan fingerprint density at radius 2 is 2.33 bits per heavy atom. The van der Waals surface area contributed by atoms with Crippen molar-refractivity contribution in [3.8, 4) is 0 Å². The van der Waals surface area contributed by atoms with Gasteiger partial charge in [0.2, 0.25) is 10.0 Å². The molecule has 1 saturated heterocycles. The smallest absolute Gasteiger partial charge is 0.244 e. The maximum atomic E-state index is 12.2. The summed E-state index contributed by atoms with van der Waals surface area (Å²) in [6.45, 7) is 1.53. The van der Waals surface area contributed by atoms with Crippen molar-refractivity contribution in [1.82, 2.24) is 15.0 Å². The molecule has 0 aromatic carbocycles. The number of rotatable bonds is 3. The molecule has 100 valence electrons. The molecule has 18 heavy (non-hydrogen) atoms. The second kappa shape index (κ2) is 5.40. The van der Waals surface area contributed by atoms with Crippen LogP contribution in [0.3, 0.4) is 0 Å². The van der Waals surface area contributed by atoms with Crippen molar-refractivity contribution in [1.29, 1.82) is 0 Å². The van der Waals surface area contributed by atoms with Crippen LogP contribution in [0, 0.1) is 0 Å². The van der Waals surface area contributed by atoms with Gasteiger partial charge in [0, 0.05) is 18.8 Å². The molecule has 0 bridgehead atoms. The predicted molar refractivity (Wildman–Crippen MR) is 69.9 cm³/mol. The minimum Gasteiger partial charge on any atom is -0.383 e. The molecule has 1 atom stereocenters. The molecule has 2 heterocycles. The number of anilines is 1. The Hall–Kier alpha value is -0.890. The lowest BCUT2D eigenvalue weighted by molar-refractivity contribution is 0.428. The lowest BCUT2D eigenvalue weighted by Crippen LogP contribution is -2.45. The lowest BCUT2D eigenvalue weighted by atomic mass is 10.1. The minimum atomic E-state index is -3.68. The van der Waals surface area contributed by atoms with Crippen molar-refractivity contribution < 1.29 is 8.42 Å². The van der Waals surface area contributed by atoms with Crippen molar-refractivity contribution in [2.45, 2.75) is 23.8 Å². The number of nitrogen functional groups attached to an aromatic ring is 1. The minimum absolute atomic E-state index is 0.0457. The third-order valence-corrected chi connectivity index (χ3v) is 4.51. The number of hydrogen-bond donors (Lipinski definition) is 3. The quantitative estimate of drug-likeness (QED) is 0.746. The first-order chi connectivity index (χ1) is 8.49. The zero-order chi connectivity index (χ0) is 13.2. The number of aromatic nitrogens is 1.